The maximum Gasteiger partial charge on any atom is 0.397 e. The summed E-state index contributed by atoms with van der Waals surface area (Å²) in [5, 5.41) is 5.08. The summed E-state index contributed by atoms with van der Waals surface area (Å²) >= 11 is 5.84. The number of nitrogens with one attached hydrogen (secondary N) is 2. The van der Waals surface area contributed by atoms with E-state index in [1.165, 1.54) is 25.2 Å². The van der Waals surface area contributed by atoms with Crippen molar-refractivity contribution in [3.8, 4) is 0 Å². The number of benzene rings is 1. The molecule has 1 aromatic carbocycles. The van der Waals surface area contributed by atoms with Crippen molar-refractivity contribution in [3.05, 3.63) is 28.8 Å². The van der Waals surface area contributed by atoms with Crippen LogP contribution in [0.15, 0.2) is 18.2 Å². The first kappa shape index (κ1) is 17.0. The van der Waals surface area contributed by atoms with Crippen LogP contribution in [0.3, 0.4) is 0 Å². The van der Waals surface area contributed by atoms with Crippen molar-refractivity contribution in [1.82, 2.24) is 5.32 Å². The number of esters is 1. The van der Waals surface area contributed by atoms with E-state index in [0.717, 1.165) is 0 Å². The Kier molecular flexibility index (Phi) is 5.32. The van der Waals surface area contributed by atoms with E-state index in [2.05, 4.69) is 10.6 Å². The summed E-state index contributed by atoms with van der Waals surface area (Å²) in [6, 6.07) is 4.34. The lowest BCUT2D eigenvalue weighted by Gasteiger charge is -2.19. The second-order valence-electron chi connectivity index (χ2n) is 5.23. The first-order valence-electron chi connectivity index (χ1n) is 6.20. The minimum absolute atomic E-state index is 0.137. The van der Waals surface area contributed by atoms with Crippen LogP contribution in [-0.2, 0) is 14.3 Å². The monoisotopic (exact) mass is 312 g/mol. The molecule has 0 bridgehead atoms. The Bertz CT molecular complexity index is 579. The first-order valence-corrected chi connectivity index (χ1v) is 6.58. The topological polar surface area (TPSA) is 84.5 Å². The number of anilines is 1. The molecule has 0 unspecified atom stereocenters. The van der Waals surface area contributed by atoms with E-state index >= 15 is 0 Å². The largest absolute Gasteiger partial charge is 0.453 e. The molecule has 0 aromatic heterocycles. The highest BCUT2D eigenvalue weighted by atomic mass is 35.5. The van der Waals surface area contributed by atoms with Crippen LogP contribution in [0.2, 0.25) is 5.02 Å². The third kappa shape index (κ3) is 5.07. The summed E-state index contributed by atoms with van der Waals surface area (Å²) in [6.45, 7) is 4.94. The second-order valence-corrected chi connectivity index (χ2v) is 5.66. The number of ether oxygens (including phenoxy) is 1. The van der Waals surface area contributed by atoms with Gasteiger partial charge in [-0.25, -0.2) is 4.79 Å². The molecule has 21 heavy (non-hydrogen) atoms. The minimum atomic E-state index is -1.04. The van der Waals surface area contributed by atoms with Gasteiger partial charge in [-0.15, -0.1) is 0 Å². The van der Waals surface area contributed by atoms with Crippen molar-refractivity contribution in [2.45, 2.75) is 26.4 Å². The molecule has 2 N–H and O–H groups in total. The van der Waals surface area contributed by atoms with E-state index in [0.29, 0.717) is 5.02 Å². The van der Waals surface area contributed by atoms with Crippen molar-refractivity contribution in [2.24, 2.45) is 0 Å². The van der Waals surface area contributed by atoms with Gasteiger partial charge in [0.15, 0.2) is 0 Å². The quantitative estimate of drug-likeness (QED) is 0.646. The molecule has 0 aliphatic carbocycles. The van der Waals surface area contributed by atoms with Gasteiger partial charge in [-0.3, -0.25) is 9.59 Å². The van der Waals surface area contributed by atoms with Crippen molar-refractivity contribution in [3.63, 3.8) is 0 Å². The van der Waals surface area contributed by atoms with Gasteiger partial charge in [0.1, 0.15) is 5.60 Å². The molecule has 0 radical (unpaired) electrons. The SMILES string of the molecule is CNC(=O)c1ccc(Cl)cc1NC(=O)C(=O)OC(C)(C)C. The first-order chi connectivity index (χ1) is 9.64. The molecule has 1 aromatic rings. The van der Waals surface area contributed by atoms with E-state index in [4.69, 9.17) is 16.3 Å². The van der Waals surface area contributed by atoms with Crippen LogP contribution >= 0.6 is 11.6 Å². The number of carbonyl (C=O) groups excluding carboxylic acids is 3. The summed E-state index contributed by atoms with van der Waals surface area (Å²) in [6.07, 6.45) is 0. The van der Waals surface area contributed by atoms with Gasteiger partial charge in [-0.05, 0) is 39.0 Å². The Morgan fingerprint density at radius 2 is 1.81 bits per heavy atom. The lowest BCUT2D eigenvalue weighted by Crippen LogP contribution is -2.33. The number of halogens is 1. The molecule has 0 saturated carbocycles. The van der Waals surface area contributed by atoms with E-state index in [9.17, 15) is 14.4 Å². The molecule has 0 saturated heterocycles. The van der Waals surface area contributed by atoms with Gasteiger partial charge >= 0.3 is 11.9 Å². The second kappa shape index (κ2) is 6.58. The van der Waals surface area contributed by atoms with Crippen LogP contribution in [0.5, 0.6) is 0 Å². The van der Waals surface area contributed by atoms with Crippen molar-refractivity contribution in [1.29, 1.82) is 0 Å². The summed E-state index contributed by atoms with van der Waals surface area (Å²) in [5.41, 5.74) is -0.455. The third-order valence-corrected chi connectivity index (χ3v) is 2.52. The molecular formula is C14H17ClN2O4. The van der Waals surface area contributed by atoms with E-state index < -0.39 is 23.4 Å². The Hall–Kier alpha value is -2.08. The van der Waals surface area contributed by atoms with Gasteiger partial charge in [0.05, 0.1) is 11.3 Å². The zero-order chi connectivity index (χ0) is 16.2. The highest BCUT2D eigenvalue weighted by Crippen LogP contribution is 2.21. The molecule has 6 nitrogen and oxygen atoms in total. The van der Waals surface area contributed by atoms with Crippen LogP contribution in [0.1, 0.15) is 31.1 Å². The molecular weight excluding hydrogens is 296 g/mol. The fourth-order valence-corrected chi connectivity index (χ4v) is 1.62. The normalized spacial score (nSPS) is 10.7. The molecule has 0 heterocycles. The maximum atomic E-state index is 11.8. The number of amides is 2. The summed E-state index contributed by atoms with van der Waals surface area (Å²) in [4.78, 5) is 35.1. The predicted octanol–water partition coefficient (Wildman–Crippen LogP) is 1.98. The molecule has 0 fully saturated rings. The molecule has 0 aliphatic heterocycles. The average molecular weight is 313 g/mol. The van der Waals surface area contributed by atoms with Gasteiger partial charge in [0.2, 0.25) is 0 Å². The van der Waals surface area contributed by atoms with Crippen molar-refractivity contribution < 1.29 is 19.1 Å². The minimum Gasteiger partial charge on any atom is -0.453 e. The summed E-state index contributed by atoms with van der Waals surface area (Å²) in [7, 11) is 1.45. The number of rotatable bonds is 2. The lowest BCUT2D eigenvalue weighted by atomic mass is 10.1. The number of hydrogen-bond acceptors (Lipinski definition) is 4. The van der Waals surface area contributed by atoms with Crippen LogP contribution in [0.4, 0.5) is 5.69 Å². The molecule has 114 valence electrons. The van der Waals surface area contributed by atoms with Crippen LogP contribution in [-0.4, -0.2) is 30.4 Å². The van der Waals surface area contributed by atoms with Gasteiger partial charge in [0, 0.05) is 12.1 Å². The Morgan fingerprint density at radius 3 is 2.33 bits per heavy atom. The number of carbonyl (C=O) groups is 3. The molecule has 7 heteroatoms. The zero-order valence-corrected chi connectivity index (χ0v) is 13.0. The van der Waals surface area contributed by atoms with E-state index in [1.54, 1.807) is 20.8 Å². The Balaban J connectivity index is 2.97. The van der Waals surface area contributed by atoms with Gasteiger partial charge < -0.3 is 15.4 Å². The summed E-state index contributed by atoms with van der Waals surface area (Å²) < 4.78 is 4.94. The predicted molar refractivity (Wildman–Crippen MR) is 79.3 cm³/mol. The molecule has 0 aliphatic rings. The average Bonchev–Trinajstić information content (AvgIpc) is 2.36. The van der Waals surface area contributed by atoms with Gasteiger partial charge in [-0.1, -0.05) is 11.6 Å². The highest BCUT2D eigenvalue weighted by molar-refractivity contribution is 6.38. The van der Waals surface area contributed by atoms with Gasteiger partial charge in [0.25, 0.3) is 5.91 Å². The molecule has 0 spiro atoms. The van der Waals surface area contributed by atoms with Crippen molar-refractivity contribution in [2.75, 3.05) is 12.4 Å². The van der Waals surface area contributed by atoms with Crippen LogP contribution in [0.25, 0.3) is 0 Å². The van der Waals surface area contributed by atoms with Gasteiger partial charge in [-0.2, -0.15) is 0 Å². The third-order valence-electron chi connectivity index (χ3n) is 2.29. The van der Waals surface area contributed by atoms with Crippen molar-refractivity contribution >= 4 is 35.1 Å². The van der Waals surface area contributed by atoms with E-state index in [-0.39, 0.29) is 11.3 Å². The molecule has 2 amide bonds. The van der Waals surface area contributed by atoms with E-state index in [1.807, 2.05) is 0 Å². The molecule has 1 rings (SSSR count). The fraction of sp³-hybridized carbons (Fsp3) is 0.357. The molecule has 0 atom stereocenters. The van der Waals surface area contributed by atoms with Crippen LogP contribution < -0.4 is 10.6 Å². The fourth-order valence-electron chi connectivity index (χ4n) is 1.45. The summed E-state index contributed by atoms with van der Waals surface area (Å²) in [5.74, 6) is -2.42. The zero-order valence-electron chi connectivity index (χ0n) is 12.2. The number of hydrogen-bond donors (Lipinski definition) is 2. The Morgan fingerprint density at radius 1 is 1.19 bits per heavy atom. The van der Waals surface area contributed by atoms with Crippen LogP contribution in [0, 0.1) is 0 Å². The standard InChI is InChI=1S/C14H17ClN2O4/c1-14(2,3)21-13(20)12(19)17-10-7-8(15)5-6-9(10)11(18)16-4/h5-7H,1-4H3,(H,16,18)(H,17,19). The lowest BCUT2D eigenvalue weighted by molar-refractivity contribution is -0.161. The smallest absolute Gasteiger partial charge is 0.397 e. The highest BCUT2D eigenvalue weighted by Gasteiger charge is 2.24. The Labute approximate surface area is 127 Å². The maximum absolute atomic E-state index is 11.8.